The molecule has 0 radical (unpaired) electrons. The first-order valence-corrected chi connectivity index (χ1v) is 9.31. The zero-order valence-electron chi connectivity index (χ0n) is 14.7. The molecule has 1 aromatic heterocycles. The Morgan fingerprint density at radius 3 is 2.62 bits per heavy atom. The maximum Gasteiger partial charge on any atom is 0.274 e. The molecule has 2 aromatic rings. The van der Waals surface area contributed by atoms with Crippen LogP contribution in [0.2, 0.25) is 5.02 Å². The number of hydrogen-bond acceptors (Lipinski definition) is 3. The Bertz CT molecular complexity index is 792. The summed E-state index contributed by atoms with van der Waals surface area (Å²) < 4.78 is 0. The number of nitrogens with one attached hydrogen (secondary N) is 1. The molecule has 1 saturated heterocycles. The van der Waals surface area contributed by atoms with E-state index in [1.54, 1.807) is 42.5 Å². The second kappa shape index (κ2) is 8.32. The lowest BCUT2D eigenvalue weighted by Gasteiger charge is -2.35. The van der Waals surface area contributed by atoms with Crippen molar-refractivity contribution in [1.29, 1.82) is 0 Å². The van der Waals surface area contributed by atoms with Gasteiger partial charge in [0.25, 0.3) is 11.8 Å². The fourth-order valence-electron chi connectivity index (χ4n) is 3.25. The van der Waals surface area contributed by atoms with E-state index in [9.17, 15) is 9.59 Å². The number of hydrogen-bond donors (Lipinski definition) is 1. The quantitative estimate of drug-likeness (QED) is 0.866. The highest BCUT2D eigenvalue weighted by Gasteiger charge is 2.27. The van der Waals surface area contributed by atoms with E-state index in [1.807, 2.05) is 4.90 Å². The van der Waals surface area contributed by atoms with Crippen molar-refractivity contribution in [3.05, 3.63) is 58.9 Å². The highest BCUT2D eigenvalue weighted by Crippen LogP contribution is 2.21. The van der Waals surface area contributed by atoms with Crippen molar-refractivity contribution in [3.8, 4) is 0 Å². The van der Waals surface area contributed by atoms with E-state index in [0.717, 1.165) is 32.2 Å². The van der Waals surface area contributed by atoms with Gasteiger partial charge in [0, 0.05) is 23.3 Å². The number of anilines is 1. The van der Waals surface area contributed by atoms with E-state index in [-0.39, 0.29) is 23.6 Å². The summed E-state index contributed by atoms with van der Waals surface area (Å²) in [6, 6.07) is 12.1. The van der Waals surface area contributed by atoms with Crippen LogP contribution in [0.1, 0.15) is 53.6 Å². The van der Waals surface area contributed by atoms with Gasteiger partial charge in [0.15, 0.2) is 0 Å². The summed E-state index contributed by atoms with van der Waals surface area (Å²) in [5.41, 5.74) is 1.16. The number of likely N-dealkylation sites (tertiary alicyclic amines) is 1. The lowest BCUT2D eigenvalue weighted by Crippen LogP contribution is -2.43. The van der Waals surface area contributed by atoms with Gasteiger partial charge in [-0.25, -0.2) is 4.98 Å². The predicted molar refractivity (Wildman–Crippen MR) is 103 cm³/mol. The molecule has 0 aliphatic carbocycles. The summed E-state index contributed by atoms with van der Waals surface area (Å²) in [4.78, 5) is 31.5. The molecule has 1 aromatic carbocycles. The number of aromatic nitrogens is 1. The van der Waals surface area contributed by atoms with Crippen molar-refractivity contribution >= 4 is 29.1 Å². The first-order valence-electron chi connectivity index (χ1n) is 8.93. The van der Waals surface area contributed by atoms with Gasteiger partial charge in [-0.2, -0.15) is 0 Å². The number of rotatable bonds is 4. The van der Waals surface area contributed by atoms with Crippen molar-refractivity contribution < 1.29 is 9.59 Å². The van der Waals surface area contributed by atoms with Crippen LogP contribution in [0.25, 0.3) is 0 Å². The zero-order valence-corrected chi connectivity index (χ0v) is 15.5. The molecule has 6 heteroatoms. The minimum absolute atomic E-state index is 0.0994. The van der Waals surface area contributed by atoms with E-state index >= 15 is 0 Å². The second-order valence-electron chi connectivity index (χ2n) is 6.43. The Balaban J connectivity index is 1.75. The van der Waals surface area contributed by atoms with Crippen LogP contribution in [0.4, 0.5) is 5.69 Å². The Labute approximate surface area is 158 Å². The molecule has 5 nitrogen and oxygen atoms in total. The van der Waals surface area contributed by atoms with Crippen molar-refractivity contribution in [1.82, 2.24) is 9.88 Å². The van der Waals surface area contributed by atoms with Gasteiger partial charge < -0.3 is 10.2 Å². The van der Waals surface area contributed by atoms with Crippen LogP contribution in [0, 0.1) is 0 Å². The van der Waals surface area contributed by atoms with E-state index in [0.29, 0.717) is 16.4 Å². The Hall–Kier alpha value is -2.40. The molecule has 3 rings (SSSR count). The van der Waals surface area contributed by atoms with Crippen LogP contribution in [-0.2, 0) is 0 Å². The first kappa shape index (κ1) is 18.4. The monoisotopic (exact) mass is 371 g/mol. The fraction of sp³-hybridized carbons (Fsp3) is 0.350. The zero-order chi connectivity index (χ0) is 18.5. The second-order valence-corrected chi connectivity index (χ2v) is 6.86. The molecule has 26 heavy (non-hydrogen) atoms. The maximum absolute atomic E-state index is 12.9. The van der Waals surface area contributed by atoms with Gasteiger partial charge in [-0.05, 0) is 62.1 Å². The average Bonchev–Trinajstić information content (AvgIpc) is 2.69. The molecular formula is C20H22ClN3O2. The molecule has 1 N–H and O–H groups in total. The van der Waals surface area contributed by atoms with E-state index in [2.05, 4.69) is 17.2 Å². The molecular weight excluding hydrogens is 350 g/mol. The van der Waals surface area contributed by atoms with Gasteiger partial charge in [0.2, 0.25) is 0 Å². The lowest BCUT2D eigenvalue weighted by molar-refractivity contribution is 0.0602. The Morgan fingerprint density at radius 1 is 1.15 bits per heavy atom. The van der Waals surface area contributed by atoms with Crippen LogP contribution < -0.4 is 5.32 Å². The van der Waals surface area contributed by atoms with Gasteiger partial charge in [0.1, 0.15) is 11.4 Å². The summed E-state index contributed by atoms with van der Waals surface area (Å²) in [7, 11) is 0. The van der Waals surface area contributed by atoms with Crippen molar-refractivity contribution in [3.63, 3.8) is 0 Å². The van der Waals surface area contributed by atoms with Gasteiger partial charge in [-0.3, -0.25) is 9.59 Å². The minimum Gasteiger partial charge on any atom is -0.334 e. The van der Waals surface area contributed by atoms with Crippen LogP contribution in [0.15, 0.2) is 42.5 Å². The third kappa shape index (κ3) is 4.22. The normalized spacial score (nSPS) is 17.0. The van der Waals surface area contributed by atoms with Crippen LogP contribution >= 0.6 is 11.6 Å². The Kier molecular flexibility index (Phi) is 5.89. The summed E-state index contributed by atoms with van der Waals surface area (Å²) in [6.45, 7) is 2.85. The molecule has 1 aliphatic rings. The number of nitrogens with zero attached hydrogens (tertiary/aromatic N) is 2. The number of carbonyl (C=O) groups is 2. The summed E-state index contributed by atoms with van der Waals surface area (Å²) in [5, 5.41) is 3.36. The summed E-state index contributed by atoms with van der Waals surface area (Å²) in [5.74, 6) is -0.453. The number of benzene rings is 1. The molecule has 1 atom stereocenters. The summed E-state index contributed by atoms with van der Waals surface area (Å²) >= 11 is 5.85. The first-order chi connectivity index (χ1) is 12.6. The van der Waals surface area contributed by atoms with Crippen LogP contribution in [0.3, 0.4) is 0 Å². The number of piperidine rings is 1. The number of pyridine rings is 1. The Morgan fingerprint density at radius 2 is 1.88 bits per heavy atom. The molecule has 0 spiro atoms. The molecule has 0 saturated carbocycles. The fourth-order valence-corrected chi connectivity index (χ4v) is 3.37. The molecule has 1 fully saturated rings. The largest absolute Gasteiger partial charge is 0.334 e. The molecule has 136 valence electrons. The summed E-state index contributed by atoms with van der Waals surface area (Å²) in [6.07, 6.45) is 4.12. The average molecular weight is 372 g/mol. The van der Waals surface area contributed by atoms with Crippen molar-refractivity contribution in [2.45, 2.75) is 38.6 Å². The third-order valence-corrected chi connectivity index (χ3v) is 4.91. The van der Waals surface area contributed by atoms with Crippen molar-refractivity contribution in [2.75, 3.05) is 11.9 Å². The number of amides is 2. The van der Waals surface area contributed by atoms with Crippen LogP contribution in [0.5, 0.6) is 0 Å². The topological polar surface area (TPSA) is 62.3 Å². The highest BCUT2D eigenvalue weighted by atomic mass is 35.5. The molecule has 2 heterocycles. The molecule has 0 bridgehead atoms. The minimum atomic E-state index is -0.354. The third-order valence-electron chi connectivity index (χ3n) is 4.66. The molecule has 1 aliphatic heterocycles. The van der Waals surface area contributed by atoms with Crippen molar-refractivity contribution in [2.24, 2.45) is 0 Å². The van der Waals surface area contributed by atoms with Gasteiger partial charge in [0.05, 0.1) is 0 Å². The van der Waals surface area contributed by atoms with E-state index < -0.39 is 0 Å². The van der Waals surface area contributed by atoms with E-state index in [4.69, 9.17) is 11.6 Å². The predicted octanol–water partition coefficient (Wildman–Crippen LogP) is 4.39. The number of halogens is 1. The van der Waals surface area contributed by atoms with Crippen LogP contribution in [-0.4, -0.2) is 34.3 Å². The standard InChI is InChI=1S/C20H22ClN3O2/c1-2-16-6-3-4-13-24(16)20(26)18-8-5-7-17(23-18)19(25)22-15-11-9-14(21)10-12-15/h5,7-12,16H,2-4,6,13H2,1H3,(H,22,25). The smallest absolute Gasteiger partial charge is 0.274 e. The van der Waals surface area contributed by atoms with Gasteiger partial charge >= 0.3 is 0 Å². The highest BCUT2D eigenvalue weighted by molar-refractivity contribution is 6.30. The van der Waals surface area contributed by atoms with E-state index in [1.165, 1.54) is 0 Å². The molecule has 2 amide bonds. The molecule has 1 unspecified atom stereocenters. The lowest BCUT2D eigenvalue weighted by atomic mass is 9.99. The van der Waals surface area contributed by atoms with Gasteiger partial charge in [-0.1, -0.05) is 24.6 Å². The number of carbonyl (C=O) groups excluding carboxylic acids is 2. The SMILES string of the molecule is CCC1CCCCN1C(=O)c1cccc(C(=O)Nc2ccc(Cl)cc2)n1. The maximum atomic E-state index is 12.9. The van der Waals surface area contributed by atoms with Gasteiger partial charge in [-0.15, -0.1) is 0 Å².